The van der Waals surface area contributed by atoms with Crippen molar-refractivity contribution in [2.45, 2.75) is 39.3 Å². The number of nitrogens with one attached hydrogen (secondary N) is 1. The van der Waals surface area contributed by atoms with Gasteiger partial charge in [0.1, 0.15) is 6.04 Å². The lowest BCUT2D eigenvalue weighted by atomic mass is 10.1. The number of aromatic nitrogens is 4. The second-order valence-electron chi connectivity index (χ2n) is 7.10. The van der Waals surface area contributed by atoms with E-state index in [1.54, 1.807) is 26.7 Å². The zero-order valence-corrected chi connectivity index (χ0v) is 16.6. The van der Waals surface area contributed by atoms with Crippen LogP contribution in [0, 0.1) is 6.92 Å². The largest absolute Gasteiger partial charge is 0.326 e. The van der Waals surface area contributed by atoms with Crippen molar-refractivity contribution in [1.29, 1.82) is 0 Å². The van der Waals surface area contributed by atoms with E-state index in [1.165, 1.54) is 0 Å². The lowest BCUT2D eigenvalue weighted by Gasteiger charge is -2.24. The summed E-state index contributed by atoms with van der Waals surface area (Å²) in [7, 11) is 0. The maximum atomic E-state index is 13.0. The molecule has 3 heterocycles. The summed E-state index contributed by atoms with van der Waals surface area (Å²) >= 11 is 0. The van der Waals surface area contributed by atoms with Gasteiger partial charge in [-0.15, -0.1) is 0 Å². The van der Waals surface area contributed by atoms with E-state index in [9.17, 15) is 9.59 Å². The maximum Gasteiger partial charge on any atom is 0.258 e. The number of carbonyl (C=O) groups is 2. The van der Waals surface area contributed by atoms with Crippen LogP contribution in [0.4, 0.5) is 5.69 Å². The van der Waals surface area contributed by atoms with Gasteiger partial charge in [-0.05, 0) is 57.0 Å². The minimum Gasteiger partial charge on any atom is -0.326 e. The van der Waals surface area contributed by atoms with Crippen LogP contribution in [-0.4, -0.2) is 48.9 Å². The standard InChI is InChI=1S/C21H24N6O2/c1-3-26-15(2)18(14-23-26)21(29)25-12-4-6-19(25)20(28)24-16-7-9-17(10-8-16)27-13-5-11-22-27/h5,7-11,13-14,19H,3-4,6,12H2,1-2H3,(H,24,28)/t19-/m0/s1. The average Bonchev–Trinajstić information content (AvgIpc) is 3.48. The molecule has 29 heavy (non-hydrogen) atoms. The van der Waals surface area contributed by atoms with Crippen molar-refractivity contribution >= 4 is 17.5 Å². The Labute approximate surface area is 169 Å². The van der Waals surface area contributed by atoms with E-state index in [1.807, 2.05) is 50.4 Å². The smallest absolute Gasteiger partial charge is 0.258 e. The molecule has 0 spiro atoms. The zero-order valence-electron chi connectivity index (χ0n) is 16.6. The molecule has 150 valence electrons. The lowest BCUT2D eigenvalue weighted by Crippen LogP contribution is -2.43. The first-order valence-electron chi connectivity index (χ1n) is 9.83. The van der Waals surface area contributed by atoms with Gasteiger partial charge < -0.3 is 10.2 Å². The summed E-state index contributed by atoms with van der Waals surface area (Å²) in [4.78, 5) is 27.6. The number of nitrogens with zero attached hydrogens (tertiary/aromatic N) is 5. The molecule has 1 aromatic carbocycles. The van der Waals surface area contributed by atoms with Gasteiger partial charge in [0.2, 0.25) is 5.91 Å². The van der Waals surface area contributed by atoms with Crippen molar-refractivity contribution in [3.05, 3.63) is 60.2 Å². The number of hydrogen-bond donors (Lipinski definition) is 1. The van der Waals surface area contributed by atoms with Gasteiger partial charge in [-0.1, -0.05) is 0 Å². The number of rotatable bonds is 5. The van der Waals surface area contributed by atoms with Crippen LogP contribution in [0.1, 0.15) is 35.8 Å². The zero-order chi connectivity index (χ0) is 20.4. The summed E-state index contributed by atoms with van der Waals surface area (Å²) in [6, 6.07) is 8.84. The van der Waals surface area contributed by atoms with Crippen molar-refractivity contribution in [1.82, 2.24) is 24.5 Å². The molecule has 0 aliphatic carbocycles. The molecule has 3 aromatic rings. The molecular formula is C21H24N6O2. The van der Waals surface area contributed by atoms with Crippen LogP contribution in [0.15, 0.2) is 48.9 Å². The van der Waals surface area contributed by atoms with Gasteiger partial charge in [-0.3, -0.25) is 14.3 Å². The molecular weight excluding hydrogens is 368 g/mol. The van der Waals surface area contributed by atoms with Crippen LogP contribution < -0.4 is 5.32 Å². The van der Waals surface area contributed by atoms with Crippen LogP contribution in [0.2, 0.25) is 0 Å². The Hall–Kier alpha value is -3.42. The Kier molecular flexibility index (Phi) is 5.16. The van der Waals surface area contributed by atoms with Crippen LogP contribution >= 0.6 is 0 Å². The van der Waals surface area contributed by atoms with Crippen LogP contribution in [-0.2, 0) is 11.3 Å². The molecule has 1 aliphatic rings. The molecule has 4 rings (SSSR count). The Morgan fingerprint density at radius 3 is 2.66 bits per heavy atom. The first kappa shape index (κ1) is 18.9. The molecule has 8 nitrogen and oxygen atoms in total. The number of anilines is 1. The number of aryl methyl sites for hydroxylation is 1. The van der Waals surface area contributed by atoms with E-state index >= 15 is 0 Å². The molecule has 8 heteroatoms. The monoisotopic (exact) mass is 392 g/mol. The highest BCUT2D eigenvalue weighted by atomic mass is 16.2. The van der Waals surface area contributed by atoms with Crippen LogP contribution in [0.3, 0.4) is 0 Å². The molecule has 1 aliphatic heterocycles. The quantitative estimate of drug-likeness (QED) is 0.723. The number of likely N-dealkylation sites (tertiary alicyclic amines) is 1. The second kappa shape index (κ2) is 7.90. The van der Waals surface area contributed by atoms with Crippen LogP contribution in [0.5, 0.6) is 0 Å². The van der Waals surface area contributed by atoms with Crippen molar-refractivity contribution in [3.8, 4) is 5.69 Å². The average molecular weight is 392 g/mol. The molecule has 2 aromatic heterocycles. The molecule has 1 atom stereocenters. The van der Waals surface area contributed by atoms with E-state index in [0.29, 0.717) is 30.8 Å². The first-order chi connectivity index (χ1) is 14.1. The second-order valence-corrected chi connectivity index (χ2v) is 7.10. The third-order valence-electron chi connectivity index (χ3n) is 5.35. The minimum atomic E-state index is -0.474. The van der Waals surface area contributed by atoms with Gasteiger partial charge in [0.05, 0.1) is 17.4 Å². The molecule has 1 N–H and O–H groups in total. The van der Waals surface area contributed by atoms with Crippen molar-refractivity contribution in [3.63, 3.8) is 0 Å². The molecule has 0 bridgehead atoms. The summed E-state index contributed by atoms with van der Waals surface area (Å²) < 4.78 is 3.54. The van der Waals surface area contributed by atoms with Gasteiger partial charge in [0.25, 0.3) is 5.91 Å². The van der Waals surface area contributed by atoms with Gasteiger partial charge in [0, 0.05) is 36.9 Å². The highest BCUT2D eigenvalue weighted by Gasteiger charge is 2.35. The van der Waals surface area contributed by atoms with Gasteiger partial charge in [0.15, 0.2) is 0 Å². The summed E-state index contributed by atoms with van der Waals surface area (Å²) in [5.41, 5.74) is 3.00. The van der Waals surface area contributed by atoms with Crippen molar-refractivity contribution in [2.75, 3.05) is 11.9 Å². The highest BCUT2D eigenvalue weighted by Crippen LogP contribution is 2.23. The summed E-state index contributed by atoms with van der Waals surface area (Å²) in [6.45, 7) is 5.15. The Morgan fingerprint density at radius 1 is 1.21 bits per heavy atom. The number of amides is 2. The Bertz CT molecular complexity index is 1010. The van der Waals surface area contributed by atoms with E-state index < -0.39 is 6.04 Å². The fourth-order valence-electron chi connectivity index (χ4n) is 3.76. The summed E-state index contributed by atoms with van der Waals surface area (Å²) in [6.07, 6.45) is 6.64. The molecule has 1 fully saturated rings. The molecule has 2 amide bonds. The van der Waals surface area contributed by atoms with Crippen molar-refractivity contribution < 1.29 is 9.59 Å². The summed E-state index contributed by atoms with van der Waals surface area (Å²) in [5, 5.41) is 11.4. The first-order valence-corrected chi connectivity index (χ1v) is 9.83. The molecule has 0 unspecified atom stereocenters. The van der Waals surface area contributed by atoms with Gasteiger partial charge in [-0.2, -0.15) is 10.2 Å². The van der Waals surface area contributed by atoms with Crippen LogP contribution in [0.25, 0.3) is 5.69 Å². The number of carbonyl (C=O) groups excluding carboxylic acids is 2. The molecule has 0 saturated carbocycles. The van der Waals surface area contributed by atoms with Crippen molar-refractivity contribution in [2.24, 2.45) is 0 Å². The number of benzene rings is 1. The third-order valence-corrected chi connectivity index (χ3v) is 5.35. The van der Waals surface area contributed by atoms with Gasteiger partial charge >= 0.3 is 0 Å². The lowest BCUT2D eigenvalue weighted by molar-refractivity contribution is -0.119. The van der Waals surface area contributed by atoms with E-state index in [4.69, 9.17) is 0 Å². The normalized spacial score (nSPS) is 16.2. The summed E-state index contributed by atoms with van der Waals surface area (Å²) in [5.74, 6) is -0.294. The fraction of sp³-hybridized carbons (Fsp3) is 0.333. The number of hydrogen-bond acceptors (Lipinski definition) is 4. The predicted octanol–water partition coefficient (Wildman–Crippen LogP) is 2.64. The third kappa shape index (κ3) is 3.65. The topological polar surface area (TPSA) is 85.0 Å². The van der Waals surface area contributed by atoms with E-state index in [2.05, 4.69) is 15.5 Å². The van der Waals surface area contributed by atoms with E-state index in [0.717, 1.165) is 17.8 Å². The highest BCUT2D eigenvalue weighted by molar-refractivity contribution is 6.02. The fourth-order valence-corrected chi connectivity index (χ4v) is 3.76. The predicted molar refractivity (Wildman–Crippen MR) is 109 cm³/mol. The Morgan fingerprint density at radius 2 is 2.00 bits per heavy atom. The molecule has 0 radical (unpaired) electrons. The SMILES string of the molecule is CCn1ncc(C(=O)N2CCC[C@H]2C(=O)Nc2ccc(-n3cccn3)cc2)c1C. The van der Waals surface area contributed by atoms with E-state index in [-0.39, 0.29) is 11.8 Å². The Balaban J connectivity index is 1.46. The molecule has 1 saturated heterocycles. The minimum absolute atomic E-state index is 0.131. The maximum absolute atomic E-state index is 13.0. The van der Waals surface area contributed by atoms with Gasteiger partial charge in [-0.25, -0.2) is 4.68 Å².